The summed E-state index contributed by atoms with van der Waals surface area (Å²) in [7, 11) is 0. The van der Waals surface area contributed by atoms with E-state index in [9.17, 15) is 38.7 Å². The lowest BCUT2D eigenvalue weighted by Crippen LogP contribution is -2.57. The van der Waals surface area contributed by atoms with E-state index in [0.29, 0.717) is 25.1 Å². The third-order valence-electron chi connectivity index (χ3n) is 6.25. The Morgan fingerprint density at radius 1 is 0.767 bits per heavy atom. The Balaban J connectivity index is 5.22. The van der Waals surface area contributed by atoms with Gasteiger partial charge in [-0.05, 0) is 63.5 Å². The van der Waals surface area contributed by atoms with Crippen molar-refractivity contribution in [3.63, 3.8) is 0 Å². The molecule has 17 heteroatoms. The van der Waals surface area contributed by atoms with Crippen LogP contribution in [0.5, 0.6) is 0 Å². The monoisotopic (exact) mass is 633 g/mol. The van der Waals surface area contributed by atoms with Gasteiger partial charge >= 0.3 is 11.9 Å². The molecular weight excluding hydrogens is 586 g/mol. The first kappa shape index (κ1) is 39.6. The van der Waals surface area contributed by atoms with Gasteiger partial charge < -0.3 is 48.3 Å². The SMILES string of the molecule is CSCC[C@H](NC(=O)[C@H](C)NC(=O)[C@H](CCCCN)NC(=O)CNC(=O)[C@@H](NC(=O)[C@@H](N)CCC(=O)O)C(C)C)C(=O)O. The highest BCUT2D eigenvalue weighted by atomic mass is 32.2. The van der Waals surface area contributed by atoms with Crippen LogP contribution in [0.4, 0.5) is 0 Å². The first-order valence-corrected chi connectivity index (χ1v) is 15.4. The van der Waals surface area contributed by atoms with Crippen molar-refractivity contribution in [2.75, 3.05) is 25.1 Å². The number of carboxylic acid groups (broad SMARTS) is 2. The van der Waals surface area contributed by atoms with E-state index in [2.05, 4.69) is 26.6 Å². The van der Waals surface area contributed by atoms with Gasteiger partial charge in [-0.3, -0.25) is 28.8 Å². The van der Waals surface area contributed by atoms with Gasteiger partial charge in [-0.1, -0.05) is 13.8 Å². The van der Waals surface area contributed by atoms with Crippen LogP contribution in [0.2, 0.25) is 0 Å². The number of aliphatic carboxylic acids is 2. The Bertz CT molecular complexity index is 967. The summed E-state index contributed by atoms with van der Waals surface area (Å²) >= 11 is 1.43. The second-order valence-electron chi connectivity index (χ2n) is 10.3. The van der Waals surface area contributed by atoms with E-state index in [1.807, 2.05) is 0 Å². The quantitative estimate of drug-likeness (QED) is 0.0579. The van der Waals surface area contributed by atoms with Crippen LogP contribution in [0.3, 0.4) is 0 Å². The second-order valence-corrected chi connectivity index (χ2v) is 11.3. The molecule has 0 heterocycles. The number of carbonyl (C=O) groups is 7. The first-order chi connectivity index (χ1) is 20.1. The molecule has 0 aliphatic rings. The van der Waals surface area contributed by atoms with Crippen LogP contribution in [0.15, 0.2) is 0 Å². The van der Waals surface area contributed by atoms with E-state index in [1.165, 1.54) is 18.7 Å². The molecular formula is C26H47N7O9S. The van der Waals surface area contributed by atoms with Gasteiger partial charge in [0.15, 0.2) is 0 Å². The molecule has 0 aliphatic heterocycles. The van der Waals surface area contributed by atoms with Crippen molar-refractivity contribution in [3.8, 4) is 0 Å². The summed E-state index contributed by atoms with van der Waals surface area (Å²) in [5.74, 6) is -5.71. The van der Waals surface area contributed by atoms with Gasteiger partial charge in [0.25, 0.3) is 0 Å². The van der Waals surface area contributed by atoms with Gasteiger partial charge in [-0.25, -0.2) is 4.79 Å². The molecule has 0 aromatic carbocycles. The number of hydrogen-bond acceptors (Lipinski definition) is 10. The molecule has 0 rings (SSSR count). The minimum absolute atomic E-state index is 0.123. The van der Waals surface area contributed by atoms with Gasteiger partial charge in [0.1, 0.15) is 24.2 Å². The first-order valence-electron chi connectivity index (χ1n) is 14.0. The largest absolute Gasteiger partial charge is 0.481 e. The van der Waals surface area contributed by atoms with Gasteiger partial charge in [-0.2, -0.15) is 11.8 Å². The third kappa shape index (κ3) is 16.7. The standard InChI is InChI=1S/C26H47N7O9S/c1-14(2)21(33-23(38)16(28)8-9-20(35)36)25(40)29-13-19(34)31-17(7-5-6-11-27)24(39)30-15(3)22(37)32-18(26(41)42)10-12-43-4/h14-18,21H,5-13,27-28H2,1-4H3,(H,29,40)(H,30,39)(H,31,34)(H,32,37)(H,33,38)(H,35,36)(H,41,42)/t15-,16-,17-,18-,21-/m0/s1. The average molecular weight is 634 g/mol. The van der Waals surface area contributed by atoms with Crippen LogP contribution < -0.4 is 38.1 Å². The second kappa shape index (κ2) is 21.3. The summed E-state index contributed by atoms with van der Waals surface area (Å²) in [4.78, 5) is 85.4. The summed E-state index contributed by atoms with van der Waals surface area (Å²) < 4.78 is 0. The minimum atomic E-state index is -1.20. The molecule has 16 nitrogen and oxygen atoms in total. The Morgan fingerprint density at radius 3 is 1.95 bits per heavy atom. The smallest absolute Gasteiger partial charge is 0.326 e. The maximum Gasteiger partial charge on any atom is 0.326 e. The van der Waals surface area contributed by atoms with E-state index in [1.54, 1.807) is 20.1 Å². The summed E-state index contributed by atoms with van der Waals surface area (Å²) in [5.41, 5.74) is 11.2. The molecule has 0 unspecified atom stereocenters. The molecule has 5 atom stereocenters. The van der Waals surface area contributed by atoms with E-state index in [0.717, 1.165) is 0 Å². The highest BCUT2D eigenvalue weighted by molar-refractivity contribution is 7.98. The number of hydrogen-bond donors (Lipinski definition) is 9. The highest BCUT2D eigenvalue weighted by Crippen LogP contribution is 2.06. The Hall–Kier alpha value is -3.44. The van der Waals surface area contributed by atoms with Crippen LogP contribution in [-0.4, -0.2) is 107 Å². The van der Waals surface area contributed by atoms with Crippen molar-refractivity contribution in [2.45, 2.75) is 89.5 Å². The van der Waals surface area contributed by atoms with Gasteiger partial charge in [0.05, 0.1) is 12.6 Å². The van der Waals surface area contributed by atoms with Crippen molar-refractivity contribution in [1.82, 2.24) is 26.6 Å². The lowest BCUT2D eigenvalue weighted by molar-refractivity contribution is -0.142. The maximum absolute atomic E-state index is 13.0. The molecule has 0 saturated carbocycles. The van der Waals surface area contributed by atoms with Crippen molar-refractivity contribution in [1.29, 1.82) is 0 Å². The predicted molar refractivity (Wildman–Crippen MR) is 160 cm³/mol. The summed E-state index contributed by atoms with van der Waals surface area (Å²) in [6.07, 6.45) is 2.78. The molecule has 0 saturated heterocycles. The number of carboxylic acids is 2. The zero-order chi connectivity index (χ0) is 33.1. The van der Waals surface area contributed by atoms with Crippen LogP contribution in [-0.2, 0) is 33.6 Å². The van der Waals surface area contributed by atoms with E-state index in [-0.39, 0.29) is 25.7 Å². The number of nitrogens with one attached hydrogen (secondary N) is 5. The maximum atomic E-state index is 13.0. The fourth-order valence-corrected chi connectivity index (χ4v) is 4.13. The fraction of sp³-hybridized carbons (Fsp3) is 0.731. The predicted octanol–water partition coefficient (Wildman–Crippen LogP) is -2.12. The fourth-order valence-electron chi connectivity index (χ4n) is 3.66. The lowest BCUT2D eigenvalue weighted by atomic mass is 10.0. The molecule has 43 heavy (non-hydrogen) atoms. The van der Waals surface area contributed by atoms with Gasteiger partial charge in [-0.15, -0.1) is 0 Å². The molecule has 0 bridgehead atoms. The van der Waals surface area contributed by atoms with Crippen molar-refractivity contribution >= 4 is 53.2 Å². The summed E-state index contributed by atoms with van der Waals surface area (Å²) in [6, 6.07) is -5.51. The Morgan fingerprint density at radius 2 is 1.42 bits per heavy atom. The van der Waals surface area contributed by atoms with E-state index >= 15 is 0 Å². The summed E-state index contributed by atoms with van der Waals surface area (Å²) in [5, 5.41) is 30.4. The van der Waals surface area contributed by atoms with Crippen molar-refractivity contribution < 1.29 is 43.8 Å². The molecule has 0 aromatic rings. The molecule has 5 amide bonds. The molecule has 11 N–H and O–H groups in total. The molecule has 0 fully saturated rings. The number of carbonyl (C=O) groups excluding carboxylic acids is 5. The number of unbranched alkanes of at least 4 members (excludes halogenated alkanes) is 1. The van der Waals surface area contributed by atoms with Crippen molar-refractivity contribution in [3.05, 3.63) is 0 Å². The number of amides is 5. The van der Waals surface area contributed by atoms with Crippen molar-refractivity contribution in [2.24, 2.45) is 17.4 Å². The number of thioether (sulfide) groups is 1. The molecule has 0 spiro atoms. The molecule has 0 radical (unpaired) electrons. The van der Waals surface area contributed by atoms with Crippen LogP contribution in [0.25, 0.3) is 0 Å². The lowest BCUT2D eigenvalue weighted by Gasteiger charge is -2.24. The third-order valence-corrected chi connectivity index (χ3v) is 6.90. The average Bonchev–Trinajstić information content (AvgIpc) is 2.94. The zero-order valence-corrected chi connectivity index (χ0v) is 26.0. The summed E-state index contributed by atoms with van der Waals surface area (Å²) in [6.45, 7) is 4.52. The number of nitrogens with two attached hydrogens (primary N) is 2. The van der Waals surface area contributed by atoms with E-state index < -0.39 is 84.1 Å². The topological polar surface area (TPSA) is 272 Å². The Kier molecular flexibility index (Phi) is 19.6. The zero-order valence-electron chi connectivity index (χ0n) is 25.1. The van der Waals surface area contributed by atoms with Crippen LogP contribution in [0.1, 0.15) is 59.3 Å². The van der Waals surface area contributed by atoms with Crippen LogP contribution >= 0.6 is 11.8 Å². The Labute approximate surface area is 255 Å². The van der Waals surface area contributed by atoms with Gasteiger partial charge in [0, 0.05) is 6.42 Å². The molecule has 0 aromatic heterocycles. The molecule has 246 valence electrons. The normalized spacial score (nSPS) is 14.4. The highest BCUT2D eigenvalue weighted by Gasteiger charge is 2.29. The minimum Gasteiger partial charge on any atom is -0.481 e. The molecule has 0 aliphatic carbocycles. The van der Waals surface area contributed by atoms with Crippen LogP contribution in [0, 0.1) is 5.92 Å². The van der Waals surface area contributed by atoms with Gasteiger partial charge in [0.2, 0.25) is 29.5 Å². The van der Waals surface area contributed by atoms with E-state index in [4.69, 9.17) is 16.6 Å². The number of rotatable bonds is 22.